The summed E-state index contributed by atoms with van der Waals surface area (Å²) < 4.78 is 21.7. The van der Waals surface area contributed by atoms with Crippen LogP contribution in [-0.4, -0.2) is 51.4 Å². The van der Waals surface area contributed by atoms with Crippen molar-refractivity contribution in [3.8, 4) is 34.3 Å². The minimum atomic E-state index is -0.673. The number of rotatable bonds is 11. The smallest absolute Gasteiger partial charge is 0.235 e. The molecular weight excluding hydrogens is 514 g/mol. The first-order valence-corrected chi connectivity index (χ1v) is 12.7. The van der Waals surface area contributed by atoms with Crippen molar-refractivity contribution >= 4 is 11.8 Å². The highest BCUT2D eigenvalue weighted by Gasteiger charge is 2.28. The highest BCUT2D eigenvalue weighted by atomic mass is 16.5. The molecule has 0 radical (unpaired) electrons. The zero-order valence-corrected chi connectivity index (χ0v) is 22.5. The maximum absolute atomic E-state index is 11.4. The van der Waals surface area contributed by atoms with Gasteiger partial charge < -0.3 is 28.9 Å². The van der Waals surface area contributed by atoms with Crippen LogP contribution in [0.25, 0.3) is 11.1 Å². The summed E-state index contributed by atoms with van der Waals surface area (Å²) in [4.78, 5) is 8.59. The molecule has 0 fully saturated rings. The Kier molecular flexibility index (Phi) is 8.95. The second-order valence-electron chi connectivity index (χ2n) is 8.92. The van der Waals surface area contributed by atoms with Gasteiger partial charge in [0.25, 0.3) is 0 Å². The van der Waals surface area contributed by atoms with Crippen LogP contribution in [0.3, 0.4) is 0 Å². The molecule has 0 aliphatic carbocycles. The molecule has 208 valence electrons. The molecule has 0 saturated carbocycles. The molecule has 2 heterocycles. The van der Waals surface area contributed by atoms with Crippen LogP contribution >= 0.6 is 0 Å². The number of hydrogen-bond acceptors (Lipinski definition) is 11. The Hall–Kier alpha value is -4.93. The molecule has 2 aromatic heterocycles. The van der Waals surface area contributed by atoms with E-state index in [0.29, 0.717) is 41.4 Å². The van der Waals surface area contributed by atoms with Crippen LogP contribution in [-0.2, 0) is 24.0 Å². The van der Waals surface area contributed by atoms with Gasteiger partial charge >= 0.3 is 0 Å². The SMILES string of the molecule is CCCCc1nc(O)c(C(=N)OC(=N)Cc2nc(Cc3ccccc3)no2)c(O)c1-c1c(OC)cccc1OC. The third kappa shape index (κ3) is 6.20. The minimum absolute atomic E-state index is 0.129. The number of nitrogens with one attached hydrogen (secondary N) is 2. The normalized spacial score (nSPS) is 10.8. The quantitative estimate of drug-likeness (QED) is 0.149. The number of pyridine rings is 1. The van der Waals surface area contributed by atoms with E-state index in [-0.39, 0.29) is 23.4 Å². The van der Waals surface area contributed by atoms with Crippen molar-refractivity contribution in [1.29, 1.82) is 10.8 Å². The first-order valence-electron chi connectivity index (χ1n) is 12.7. The molecule has 40 heavy (non-hydrogen) atoms. The van der Waals surface area contributed by atoms with E-state index < -0.39 is 23.4 Å². The lowest BCUT2D eigenvalue weighted by molar-refractivity contribution is 0.376. The summed E-state index contributed by atoms with van der Waals surface area (Å²) in [5.41, 5.74) is 1.71. The van der Waals surface area contributed by atoms with Crippen molar-refractivity contribution in [3.05, 3.63) is 77.1 Å². The predicted octanol–water partition coefficient (Wildman–Crippen LogP) is 5.06. The van der Waals surface area contributed by atoms with Gasteiger partial charge in [-0.1, -0.05) is 54.9 Å². The molecule has 2 aromatic carbocycles. The third-order valence-corrected chi connectivity index (χ3v) is 6.15. The lowest BCUT2D eigenvalue weighted by Gasteiger charge is -2.19. The van der Waals surface area contributed by atoms with Crippen LogP contribution in [0.5, 0.6) is 23.1 Å². The fourth-order valence-electron chi connectivity index (χ4n) is 4.26. The van der Waals surface area contributed by atoms with Gasteiger partial charge in [-0.2, -0.15) is 4.98 Å². The zero-order valence-electron chi connectivity index (χ0n) is 22.5. The summed E-state index contributed by atoms with van der Waals surface area (Å²) in [7, 11) is 2.98. The van der Waals surface area contributed by atoms with Crippen LogP contribution in [0.2, 0.25) is 0 Å². The highest BCUT2D eigenvalue weighted by molar-refractivity contribution is 6.05. The Labute approximate surface area is 231 Å². The summed E-state index contributed by atoms with van der Waals surface area (Å²) in [6.45, 7) is 2.01. The standard InChI is InChI=1S/C29H31N5O6/c1-4-5-12-18-24(25-19(37-2)13-9-14-20(25)38-3)27(35)26(29(36)32-18)28(31)39-21(30)16-23-33-22(34-40-23)15-17-10-7-6-8-11-17/h6-11,13-14,30-31H,4-5,12,15-16H2,1-3H3,(H2,32,35,36). The van der Waals surface area contributed by atoms with Gasteiger partial charge in [-0.25, -0.2) is 4.98 Å². The number of hydrogen-bond donors (Lipinski definition) is 4. The Morgan fingerprint density at radius 1 is 0.925 bits per heavy atom. The molecule has 0 aliphatic rings. The first kappa shape index (κ1) is 28.1. The molecule has 4 N–H and O–H groups in total. The lowest BCUT2D eigenvalue weighted by atomic mass is 9.95. The Morgan fingerprint density at radius 2 is 1.62 bits per heavy atom. The van der Waals surface area contributed by atoms with Crippen LogP contribution in [0.4, 0.5) is 0 Å². The minimum Gasteiger partial charge on any atom is -0.506 e. The van der Waals surface area contributed by atoms with E-state index in [9.17, 15) is 10.2 Å². The van der Waals surface area contributed by atoms with Gasteiger partial charge in [-0.3, -0.25) is 10.8 Å². The van der Waals surface area contributed by atoms with Gasteiger partial charge in [-0.15, -0.1) is 0 Å². The van der Waals surface area contributed by atoms with E-state index >= 15 is 0 Å². The molecule has 0 bridgehead atoms. The van der Waals surface area contributed by atoms with Crippen molar-refractivity contribution in [2.24, 2.45) is 0 Å². The zero-order chi connectivity index (χ0) is 28.6. The van der Waals surface area contributed by atoms with Gasteiger partial charge in [0.05, 0.1) is 31.0 Å². The Morgan fingerprint density at radius 3 is 2.27 bits per heavy atom. The average molecular weight is 546 g/mol. The average Bonchev–Trinajstić information content (AvgIpc) is 3.38. The van der Waals surface area contributed by atoms with Crippen LogP contribution in [0, 0.1) is 10.8 Å². The molecule has 0 spiro atoms. The van der Waals surface area contributed by atoms with E-state index in [1.807, 2.05) is 37.3 Å². The van der Waals surface area contributed by atoms with Gasteiger partial charge in [0.15, 0.2) is 11.7 Å². The number of benzene rings is 2. The van der Waals surface area contributed by atoms with Gasteiger partial charge in [0.2, 0.25) is 17.7 Å². The molecule has 0 saturated heterocycles. The molecule has 0 unspecified atom stereocenters. The predicted molar refractivity (Wildman–Crippen MR) is 148 cm³/mol. The topological polar surface area (TPSA) is 168 Å². The number of ether oxygens (including phenoxy) is 3. The molecular formula is C29H31N5O6. The molecule has 0 aliphatic heterocycles. The number of aromatic hydroxyl groups is 2. The molecule has 4 aromatic rings. The third-order valence-electron chi connectivity index (χ3n) is 6.15. The summed E-state index contributed by atoms with van der Waals surface area (Å²) in [6.07, 6.45) is 2.31. The first-order chi connectivity index (χ1) is 19.4. The number of methoxy groups -OCH3 is 2. The van der Waals surface area contributed by atoms with Crippen molar-refractivity contribution in [2.75, 3.05) is 14.2 Å². The monoisotopic (exact) mass is 545 g/mol. The molecule has 11 heteroatoms. The van der Waals surface area contributed by atoms with Gasteiger partial charge in [-0.05, 0) is 30.5 Å². The van der Waals surface area contributed by atoms with Crippen LogP contribution in [0.1, 0.15) is 48.3 Å². The lowest BCUT2D eigenvalue weighted by Crippen LogP contribution is -2.16. The second-order valence-corrected chi connectivity index (χ2v) is 8.92. The van der Waals surface area contributed by atoms with E-state index in [4.69, 9.17) is 29.6 Å². The number of aryl methyl sites for hydroxylation is 1. The summed E-state index contributed by atoms with van der Waals surface area (Å²) in [5, 5.41) is 42.8. The second kappa shape index (κ2) is 12.7. The van der Waals surface area contributed by atoms with Crippen LogP contribution in [0.15, 0.2) is 53.1 Å². The fourth-order valence-corrected chi connectivity index (χ4v) is 4.26. The summed E-state index contributed by atoms with van der Waals surface area (Å²) in [5.74, 6) is -0.711. The van der Waals surface area contributed by atoms with Crippen molar-refractivity contribution in [3.63, 3.8) is 0 Å². The van der Waals surface area contributed by atoms with Crippen molar-refractivity contribution in [1.82, 2.24) is 15.1 Å². The Bertz CT molecular complexity index is 1480. The number of unbranched alkanes of at least 4 members (excludes halogenated alkanes) is 1. The largest absolute Gasteiger partial charge is 0.506 e. The van der Waals surface area contributed by atoms with Crippen LogP contribution < -0.4 is 9.47 Å². The van der Waals surface area contributed by atoms with E-state index in [2.05, 4.69) is 15.1 Å². The summed E-state index contributed by atoms with van der Waals surface area (Å²) >= 11 is 0. The maximum atomic E-state index is 11.4. The molecule has 4 rings (SSSR count). The maximum Gasteiger partial charge on any atom is 0.235 e. The van der Waals surface area contributed by atoms with Crippen molar-refractivity contribution < 1.29 is 28.9 Å². The molecule has 0 amide bonds. The van der Waals surface area contributed by atoms with Gasteiger partial charge in [0, 0.05) is 6.42 Å². The Balaban J connectivity index is 1.61. The van der Waals surface area contributed by atoms with E-state index in [1.54, 1.807) is 18.2 Å². The van der Waals surface area contributed by atoms with Gasteiger partial charge in [0.1, 0.15) is 29.2 Å². The van der Waals surface area contributed by atoms with E-state index in [0.717, 1.165) is 18.4 Å². The molecule has 11 nitrogen and oxygen atoms in total. The fraction of sp³-hybridized carbons (Fsp3) is 0.276. The highest BCUT2D eigenvalue weighted by Crippen LogP contribution is 2.47. The van der Waals surface area contributed by atoms with E-state index in [1.165, 1.54) is 14.2 Å². The molecule has 0 atom stereocenters. The number of aromatic nitrogens is 3. The van der Waals surface area contributed by atoms with Crippen molar-refractivity contribution in [2.45, 2.75) is 39.0 Å². The number of nitrogens with zero attached hydrogens (tertiary/aromatic N) is 3. The summed E-state index contributed by atoms with van der Waals surface area (Å²) in [6, 6.07) is 14.8.